The number of hydrogen-bond donors (Lipinski definition) is 2. The minimum absolute atomic E-state index is 0.0376. The summed E-state index contributed by atoms with van der Waals surface area (Å²) in [6.45, 7) is 0.0376. The summed E-state index contributed by atoms with van der Waals surface area (Å²) in [6, 6.07) is 23.2. The third kappa shape index (κ3) is 2.81. The molecule has 0 aliphatic carbocycles. The van der Waals surface area contributed by atoms with E-state index in [9.17, 15) is 10.2 Å². The molecule has 0 saturated carbocycles. The Bertz CT molecular complexity index is 728. The highest BCUT2D eigenvalue weighted by molar-refractivity contribution is 5.72. The third-order valence-corrected chi connectivity index (χ3v) is 3.58. The number of aromatic hydroxyl groups is 1. The number of hydrogen-bond acceptors (Lipinski definition) is 2. The van der Waals surface area contributed by atoms with Crippen molar-refractivity contribution in [1.82, 2.24) is 0 Å². The van der Waals surface area contributed by atoms with Crippen LogP contribution in [-0.4, -0.2) is 10.2 Å². The Morgan fingerprint density at radius 2 is 1.14 bits per heavy atom. The number of phenols is 1. The molecule has 21 heavy (non-hydrogen) atoms. The molecule has 3 aromatic carbocycles. The van der Waals surface area contributed by atoms with E-state index in [2.05, 4.69) is 24.3 Å². The van der Waals surface area contributed by atoms with Gasteiger partial charge in [-0.05, 0) is 39.9 Å². The van der Waals surface area contributed by atoms with Crippen LogP contribution in [0.25, 0.3) is 22.3 Å². The summed E-state index contributed by atoms with van der Waals surface area (Å²) < 4.78 is 0. The van der Waals surface area contributed by atoms with Gasteiger partial charge in [0.15, 0.2) is 0 Å². The Balaban J connectivity index is 1.95. The van der Waals surface area contributed by atoms with Crippen molar-refractivity contribution in [3.63, 3.8) is 0 Å². The average Bonchev–Trinajstić information content (AvgIpc) is 2.56. The quantitative estimate of drug-likeness (QED) is 0.752. The highest BCUT2D eigenvalue weighted by atomic mass is 16.3. The van der Waals surface area contributed by atoms with Crippen molar-refractivity contribution in [2.75, 3.05) is 0 Å². The van der Waals surface area contributed by atoms with Gasteiger partial charge in [-0.25, -0.2) is 0 Å². The topological polar surface area (TPSA) is 40.5 Å². The minimum Gasteiger partial charge on any atom is -0.508 e. The molecule has 0 spiro atoms. The summed E-state index contributed by atoms with van der Waals surface area (Å²) in [5.74, 6) is 0.271. The molecule has 0 amide bonds. The molecule has 0 heterocycles. The van der Waals surface area contributed by atoms with Gasteiger partial charge in [0.2, 0.25) is 0 Å². The van der Waals surface area contributed by atoms with Gasteiger partial charge in [-0.2, -0.15) is 0 Å². The van der Waals surface area contributed by atoms with Crippen LogP contribution >= 0.6 is 0 Å². The number of phenolic OH excluding ortho intramolecular Hbond substituents is 1. The SMILES string of the molecule is OCc1ccccc1-c1ccc(-c2ccc(O)cc2)cc1. The molecule has 2 N–H and O–H groups in total. The van der Waals surface area contributed by atoms with Gasteiger partial charge in [-0.15, -0.1) is 0 Å². The van der Waals surface area contributed by atoms with Gasteiger partial charge in [-0.1, -0.05) is 60.7 Å². The lowest BCUT2D eigenvalue weighted by atomic mass is 9.97. The van der Waals surface area contributed by atoms with Crippen LogP contribution < -0.4 is 0 Å². The normalized spacial score (nSPS) is 10.5. The molecule has 0 aromatic heterocycles. The van der Waals surface area contributed by atoms with Crippen LogP contribution in [0.4, 0.5) is 0 Å². The van der Waals surface area contributed by atoms with E-state index >= 15 is 0 Å². The molecular weight excluding hydrogens is 260 g/mol. The summed E-state index contributed by atoms with van der Waals surface area (Å²) in [5, 5.41) is 18.7. The van der Waals surface area contributed by atoms with Gasteiger partial charge in [0, 0.05) is 0 Å². The van der Waals surface area contributed by atoms with Crippen molar-refractivity contribution in [2.24, 2.45) is 0 Å². The Kier molecular flexibility index (Phi) is 3.71. The van der Waals surface area contributed by atoms with E-state index in [1.807, 2.05) is 36.4 Å². The van der Waals surface area contributed by atoms with Gasteiger partial charge in [-0.3, -0.25) is 0 Å². The molecule has 104 valence electrons. The lowest BCUT2D eigenvalue weighted by molar-refractivity contribution is 0.282. The maximum absolute atomic E-state index is 9.41. The van der Waals surface area contributed by atoms with E-state index in [1.54, 1.807) is 12.1 Å². The van der Waals surface area contributed by atoms with Crippen LogP contribution in [0.15, 0.2) is 72.8 Å². The molecule has 2 heteroatoms. The highest BCUT2D eigenvalue weighted by Crippen LogP contribution is 2.27. The molecule has 2 nitrogen and oxygen atoms in total. The van der Waals surface area contributed by atoms with E-state index in [0.717, 1.165) is 27.8 Å². The predicted octanol–water partition coefficient (Wildman–Crippen LogP) is 4.22. The first-order chi connectivity index (χ1) is 10.3. The van der Waals surface area contributed by atoms with Gasteiger partial charge < -0.3 is 10.2 Å². The summed E-state index contributed by atoms with van der Waals surface area (Å²) >= 11 is 0. The Morgan fingerprint density at radius 1 is 0.619 bits per heavy atom. The summed E-state index contributed by atoms with van der Waals surface area (Å²) in [7, 11) is 0. The van der Waals surface area contributed by atoms with E-state index in [4.69, 9.17) is 0 Å². The molecular formula is C19H16O2. The Morgan fingerprint density at radius 3 is 1.76 bits per heavy atom. The zero-order chi connectivity index (χ0) is 14.7. The average molecular weight is 276 g/mol. The maximum Gasteiger partial charge on any atom is 0.115 e. The van der Waals surface area contributed by atoms with Crippen molar-refractivity contribution in [3.8, 4) is 28.0 Å². The van der Waals surface area contributed by atoms with Gasteiger partial charge in [0.25, 0.3) is 0 Å². The second-order valence-electron chi connectivity index (χ2n) is 4.94. The van der Waals surface area contributed by atoms with Crippen molar-refractivity contribution in [1.29, 1.82) is 0 Å². The predicted molar refractivity (Wildman–Crippen MR) is 84.9 cm³/mol. The molecule has 0 saturated heterocycles. The first-order valence-corrected chi connectivity index (χ1v) is 6.86. The number of aliphatic hydroxyl groups excluding tert-OH is 1. The zero-order valence-electron chi connectivity index (χ0n) is 11.5. The fraction of sp³-hybridized carbons (Fsp3) is 0.0526. The second-order valence-corrected chi connectivity index (χ2v) is 4.94. The first kappa shape index (κ1) is 13.4. The zero-order valence-corrected chi connectivity index (χ0v) is 11.5. The van der Waals surface area contributed by atoms with Crippen molar-refractivity contribution in [2.45, 2.75) is 6.61 Å². The smallest absolute Gasteiger partial charge is 0.115 e. The first-order valence-electron chi connectivity index (χ1n) is 6.86. The molecule has 0 fully saturated rings. The Labute approximate surface area is 123 Å². The van der Waals surface area contributed by atoms with Crippen LogP contribution in [0, 0.1) is 0 Å². The molecule has 3 rings (SSSR count). The van der Waals surface area contributed by atoms with E-state index in [0.29, 0.717) is 0 Å². The highest BCUT2D eigenvalue weighted by Gasteiger charge is 2.04. The van der Waals surface area contributed by atoms with Gasteiger partial charge in [0.05, 0.1) is 6.61 Å². The van der Waals surface area contributed by atoms with Crippen LogP contribution in [0.2, 0.25) is 0 Å². The molecule has 0 radical (unpaired) electrons. The molecule has 0 aliphatic rings. The Hall–Kier alpha value is -2.58. The largest absolute Gasteiger partial charge is 0.508 e. The number of rotatable bonds is 3. The minimum atomic E-state index is 0.0376. The van der Waals surface area contributed by atoms with Crippen LogP contribution in [-0.2, 0) is 6.61 Å². The van der Waals surface area contributed by atoms with Crippen LogP contribution in [0.1, 0.15) is 5.56 Å². The second kappa shape index (κ2) is 5.81. The number of benzene rings is 3. The molecule has 0 atom stereocenters. The van der Waals surface area contributed by atoms with E-state index in [1.165, 1.54) is 0 Å². The van der Waals surface area contributed by atoms with E-state index < -0.39 is 0 Å². The molecule has 3 aromatic rings. The number of aliphatic hydroxyl groups is 1. The lowest BCUT2D eigenvalue weighted by Gasteiger charge is -2.09. The third-order valence-electron chi connectivity index (χ3n) is 3.58. The molecule has 0 bridgehead atoms. The summed E-state index contributed by atoms with van der Waals surface area (Å²) in [6.07, 6.45) is 0. The van der Waals surface area contributed by atoms with Crippen molar-refractivity contribution < 1.29 is 10.2 Å². The fourth-order valence-electron chi connectivity index (χ4n) is 2.44. The van der Waals surface area contributed by atoms with Crippen molar-refractivity contribution >= 4 is 0 Å². The lowest BCUT2D eigenvalue weighted by Crippen LogP contribution is -1.88. The van der Waals surface area contributed by atoms with Crippen molar-refractivity contribution in [3.05, 3.63) is 78.4 Å². The summed E-state index contributed by atoms with van der Waals surface area (Å²) in [5.41, 5.74) is 5.23. The van der Waals surface area contributed by atoms with Crippen LogP contribution in [0.3, 0.4) is 0 Å². The standard InChI is InChI=1S/C19H16O2/c20-13-17-3-1-2-4-19(17)16-7-5-14(6-8-16)15-9-11-18(21)12-10-15/h1-12,20-21H,13H2. The maximum atomic E-state index is 9.41. The summed E-state index contributed by atoms with van der Waals surface area (Å²) in [4.78, 5) is 0. The van der Waals surface area contributed by atoms with E-state index in [-0.39, 0.29) is 12.4 Å². The fourth-order valence-corrected chi connectivity index (χ4v) is 2.44. The van der Waals surface area contributed by atoms with Crippen LogP contribution in [0.5, 0.6) is 5.75 Å². The van der Waals surface area contributed by atoms with Gasteiger partial charge in [0.1, 0.15) is 5.75 Å². The van der Waals surface area contributed by atoms with Gasteiger partial charge >= 0.3 is 0 Å². The molecule has 0 aliphatic heterocycles. The monoisotopic (exact) mass is 276 g/mol. The molecule has 0 unspecified atom stereocenters.